The number of rotatable bonds is 7. The first-order valence-electron chi connectivity index (χ1n) is 8.26. The molecular weight excluding hydrogens is 292 g/mol. The summed E-state index contributed by atoms with van der Waals surface area (Å²) in [5, 5.41) is 0. The zero-order chi connectivity index (χ0) is 18.3. The van der Waals surface area contributed by atoms with Crippen LogP contribution in [0.15, 0.2) is 65.4 Å². The van der Waals surface area contributed by atoms with E-state index in [1.165, 1.54) is 16.7 Å². The number of aliphatic imine (C=N–C) groups is 1. The average molecular weight is 322 g/mol. The van der Waals surface area contributed by atoms with Crippen molar-refractivity contribution in [2.75, 3.05) is 0 Å². The Labute approximate surface area is 147 Å². The maximum atomic E-state index is 5.70. The van der Waals surface area contributed by atoms with Gasteiger partial charge in [-0.05, 0) is 81.0 Å². The van der Waals surface area contributed by atoms with E-state index >= 15 is 0 Å². The summed E-state index contributed by atoms with van der Waals surface area (Å²) in [6.07, 6.45) is 8.47. The minimum Gasteiger partial charge on any atom is -0.402 e. The van der Waals surface area contributed by atoms with Crippen LogP contribution in [-0.2, 0) is 0 Å². The standard InChI is InChI=1S/C22H30N2/c1-8-20(10-9-19(7)23)13-22(15(2)3)24-14-21-12-17(5)16(4)11-18(21)6/h8-12,14,22H,1-2,13,23H2,3-7H3/b19-9-,20-10+,24-14+. The molecule has 24 heavy (non-hydrogen) atoms. The normalized spacial score (nSPS) is 14.0. The molecular formula is C22H30N2. The summed E-state index contributed by atoms with van der Waals surface area (Å²) in [7, 11) is 0. The summed E-state index contributed by atoms with van der Waals surface area (Å²) >= 11 is 0. The highest BCUT2D eigenvalue weighted by atomic mass is 14.8. The first-order chi connectivity index (χ1) is 11.2. The van der Waals surface area contributed by atoms with Crippen LogP contribution in [0.25, 0.3) is 0 Å². The fourth-order valence-corrected chi connectivity index (χ4v) is 2.33. The van der Waals surface area contributed by atoms with Crippen LogP contribution in [0.3, 0.4) is 0 Å². The zero-order valence-electron chi connectivity index (χ0n) is 15.7. The van der Waals surface area contributed by atoms with Gasteiger partial charge < -0.3 is 5.73 Å². The largest absolute Gasteiger partial charge is 0.402 e. The molecule has 1 aromatic rings. The average Bonchev–Trinajstić information content (AvgIpc) is 2.50. The fraction of sp³-hybridized carbons (Fsp3) is 0.318. The number of hydrogen-bond donors (Lipinski definition) is 1. The van der Waals surface area contributed by atoms with Gasteiger partial charge in [0.1, 0.15) is 0 Å². The van der Waals surface area contributed by atoms with Gasteiger partial charge in [-0.1, -0.05) is 36.9 Å². The molecule has 0 radical (unpaired) electrons. The first kappa shape index (κ1) is 19.7. The summed E-state index contributed by atoms with van der Waals surface area (Å²) < 4.78 is 0. The van der Waals surface area contributed by atoms with Gasteiger partial charge in [-0.15, -0.1) is 0 Å². The minimum absolute atomic E-state index is 0.0294. The third kappa shape index (κ3) is 6.04. The van der Waals surface area contributed by atoms with Gasteiger partial charge >= 0.3 is 0 Å². The highest BCUT2D eigenvalue weighted by molar-refractivity contribution is 5.82. The molecule has 1 rings (SSSR count). The van der Waals surface area contributed by atoms with Crippen molar-refractivity contribution >= 4 is 6.21 Å². The number of benzene rings is 1. The zero-order valence-corrected chi connectivity index (χ0v) is 15.7. The van der Waals surface area contributed by atoms with Gasteiger partial charge in [-0.2, -0.15) is 0 Å². The highest BCUT2D eigenvalue weighted by Crippen LogP contribution is 2.18. The number of nitrogens with two attached hydrogens (primary N) is 1. The Morgan fingerprint density at radius 3 is 2.29 bits per heavy atom. The molecule has 0 aromatic heterocycles. The van der Waals surface area contributed by atoms with E-state index in [-0.39, 0.29) is 6.04 Å². The van der Waals surface area contributed by atoms with Crippen LogP contribution in [0.2, 0.25) is 0 Å². The Bertz CT molecular complexity index is 699. The van der Waals surface area contributed by atoms with Crippen LogP contribution in [0.5, 0.6) is 0 Å². The number of allylic oxidation sites excluding steroid dienone is 4. The van der Waals surface area contributed by atoms with Crippen LogP contribution < -0.4 is 5.73 Å². The topological polar surface area (TPSA) is 38.4 Å². The van der Waals surface area contributed by atoms with E-state index in [9.17, 15) is 0 Å². The predicted octanol–water partition coefficient (Wildman–Crippen LogP) is 5.34. The number of aryl methyl sites for hydroxylation is 3. The molecule has 1 aromatic carbocycles. The van der Waals surface area contributed by atoms with Crippen LogP contribution >= 0.6 is 0 Å². The van der Waals surface area contributed by atoms with E-state index in [0.29, 0.717) is 0 Å². The van der Waals surface area contributed by atoms with Crippen molar-refractivity contribution in [2.45, 2.75) is 47.1 Å². The molecule has 0 aliphatic rings. The molecule has 0 heterocycles. The lowest BCUT2D eigenvalue weighted by Crippen LogP contribution is -2.07. The minimum atomic E-state index is 0.0294. The Balaban J connectivity index is 3.04. The second kappa shape index (κ2) is 9.07. The quantitative estimate of drug-likeness (QED) is 0.411. The van der Waals surface area contributed by atoms with E-state index in [2.05, 4.69) is 46.1 Å². The van der Waals surface area contributed by atoms with Gasteiger partial charge in [-0.3, -0.25) is 4.99 Å². The van der Waals surface area contributed by atoms with Gasteiger partial charge in [0.05, 0.1) is 6.04 Å². The molecule has 0 amide bonds. The van der Waals surface area contributed by atoms with E-state index < -0.39 is 0 Å². The SMILES string of the molecule is C=C/C(=C\C=C(\C)N)CC(/N=C/c1cc(C)c(C)cc1C)C(=C)C. The molecule has 2 heteroatoms. The van der Waals surface area contributed by atoms with E-state index in [1.807, 2.05) is 38.3 Å². The molecule has 0 saturated heterocycles. The summed E-state index contributed by atoms with van der Waals surface area (Å²) in [6.45, 7) is 18.2. The predicted molar refractivity (Wildman–Crippen MR) is 108 cm³/mol. The molecule has 2 nitrogen and oxygen atoms in total. The summed E-state index contributed by atoms with van der Waals surface area (Å²) in [4.78, 5) is 4.77. The van der Waals surface area contributed by atoms with Gasteiger partial charge in [-0.25, -0.2) is 0 Å². The first-order valence-corrected chi connectivity index (χ1v) is 8.26. The van der Waals surface area contributed by atoms with Gasteiger partial charge in [0.25, 0.3) is 0 Å². The Morgan fingerprint density at radius 2 is 1.75 bits per heavy atom. The maximum absolute atomic E-state index is 5.70. The van der Waals surface area contributed by atoms with E-state index in [1.54, 1.807) is 0 Å². The lowest BCUT2D eigenvalue weighted by atomic mass is 9.99. The second-order valence-corrected chi connectivity index (χ2v) is 6.49. The molecule has 128 valence electrons. The molecule has 0 fully saturated rings. The monoisotopic (exact) mass is 322 g/mol. The molecule has 0 spiro atoms. The smallest absolute Gasteiger partial charge is 0.0744 e. The van der Waals surface area contributed by atoms with Crippen molar-refractivity contribution in [2.24, 2.45) is 10.7 Å². The molecule has 0 bridgehead atoms. The van der Waals surface area contributed by atoms with Gasteiger partial charge in [0.2, 0.25) is 0 Å². The van der Waals surface area contributed by atoms with Gasteiger partial charge in [0, 0.05) is 11.9 Å². The highest BCUT2D eigenvalue weighted by Gasteiger charge is 2.09. The van der Waals surface area contributed by atoms with E-state index in [4.69, 9.17) is 10.7 Å². The fourth-order valence-electron chi connectivity index (χ4n) is 2.33. The van der Waals surface area contributed by atoms with Crippen molar-refractivity contribution < 1.29 is 0 Å². The Hall–Kier alpha value is -2.35. The van der Waals surface area contributed by atoms with Crippen LogP contribution in [0, 0.1) is 20.8 Å². The van der Waals surface area contributed by atoms with Crippen LogP contribution in [0.4, 0.5) is 0 Å². The van der Waals surface area contributed by atoms with Crippen molar-refractivity contribution in [3.8, 4) is 0 Å². The third-order valence-corrected chi connectivity index (χ3v) is 4.10. The van der Waals surface area contributed by atoms with Crippen molar-refractivity contribution in [1.29, 1.82) is 0 Å². The lowest BCUT2D eigenvalue weighted by molar-refractivity contribution is 0.775. The van der Waals surface area contributed by atoms with Crippen molar-refractivity contribution in [1.82, 2.24) is 0 Å². The van der Waals surface area contributed by atoms with Crippen molar-refractivity contribution in [3.05, 3.63) is 82.6 Å². The molecule has 1 atom stereocenters. The van der Waals surface area contributed by atoms with Crippen LogP contribution in [-0.4, -0.2) is 12.3 Å². The Morgan fingerprint density at radius 1 is 1.12 bits per heavy atom. The number of nitrogens with zero attached hydrogens (tertiary/aromatic N) is 1. The van der Waals surface area contributed by atoms with E-state index in [0.717, 1.165) is 28.8 Å². The second-order valence-electron chi connectivity index (χ2n) is 6.49. The molecule has 0 aliphatic heterocycles. The molecule has 1 unspecified atom stereocenters. The van der Waals surface area contributed by atoms with Crippen LogP contribution in [0.1, 0.15) is 42.5 Å². The molecule has 0 aliphatic carbocycles. The number of hydrogen-bond acceptors (Lipinski definition) is 2. The summed E-state index contributed by atoms with van der Waals surface area (Å²) in [6, 6.07) is 4.42. The summed E-state index contributed by atoms with van der Waals surface area (Å²) in [5.74, 6) is 0. The third-order valence-electron chi connectivity index (χ3n) is 4.10. The lowest BCUT2D eigenvalue weighted by Gasteiger charge is -2.13. The molecule has 0 saturated carbocycles. The van der Waals surface area contributed by atoms with Crippen molar-refractivity contribution in [3.63, 3.8) is 0 Å². The molecule has 2 N–H and O–H groups in total. The summed E-state index contributed by atoms with van der Waals surface area (Å²) in [5.41, 5.74) is 13.6. The maximum Gasteiger partial charge on any atom is 0.0744 e. The van der Waals surface area contributed by atoms with Gasteiger partial charge in [0.15, 0.2) is 0 Å². The Kier molecular flexibility index (Phi) is 7.44.